The summed E-state index contributed by atoms with van der Waals surface area (Å²) in [5, 5.41) is 10.1. The number of benzene rings is 1. The number of imide groups is 1. The molecule has 0 unspecified atom stereocenters. The van der Waals surface area contributed by atoms with Crippen LogP contribution in [0.25, 0.3) is 5.69 Å². The molecule has 0 aliphatic heterocycles. The molecule has 0 atom stereocenters. The molecule has 126 valence electrons. The number of hydrogen-bond acceptors (Lipinski definition) is 7. The second kappa shape index (κ2) is 7.86. The van der Waals surface area contributed by atoms with Crippen molar-refractivity contribution in [3.63, 3.8) is 0 Å². The van der Waals surface area contributed by atoms with Gasteiger partial charge in [-0.05, 0) is 26.0 Å². The van der Waals surface area contributed by atoms with Crippen molar-refractivity contribution in [3.05, 3.63) is 41.7 Å². The molecule has 0 radical (unpaired) electrons. The van der Waals surface area contributed by atoms with Gasteiger partial charge in [-0.25, -0.2) is 9.59 Å². The monoisotopic (exact) mass is 332 g/mol. The number of esters is 1. The van der Waals surface area contributed by atoms with Gasteiger partial charge in [-0.15, -0.1) is 5.10 Å². The van der Waals surface area contributed by atoms with Gasteiger partial charge in [-0.3, -0.25) is 10.1 Å². The molecule has 1 N–H and O–H groups in total. The number of carbonyl (C=O) groups is 3. The van der Waals surface area contributed by atoms with E-state index in [1.807, 2.05) is 23.5 Å². The third kappa shape index (κ3) is 4.38. The van der Waals surface area contributed by atoms with Crippen LogP contribution in [0.15, 0.2) is 30.3 Å². The van der Waals surface area contributed by atoms with Crippen LogP contribution < -0.4 is 5.32 Å². The number of para-hydroxylation sites is 1. The topological polar surface area (TPSA) is 112 Å². The minimum Gasteiger partial charge on any atom is -0.451 e. The fourth-order valence-corrected chi connectivity index (χ4v) is 1.76. The Balaban J connectivity index is 1.97. The van der Waals surface area contributed by atoms with Crippen LogP contribution in [-0.4, -0.2) is 46.2 Å². The van der Waals surface area contributed by atoms with Crippen molar-refractivity contribution < 1.29 is 23.9 Å². The summed E-state index contributed by atoms with van der Waals surface area (Å²) in [6.45, 7) is 2.70. The number of nitrogens with zero attached hydrogens (tertiary/aromatic N) is 3. The molecule has 9 nitrogen and oxygen atoms in total. The first-order valence-electron chi connectivity index (χ1n) is 7.14. The summed E-state index contributed by atoms with van der Waals surface area (Å²) < 4.78 is 9.36. The Morgan fingerprint density at radius 3 is 2.50 bits per heavy atom. The summed E-state index contributed by atoms with van der Waals surface area (Å²) in [4.78, 5) is 35.8. The molecule has 1 heterocycles. The number of aromatic nitrogens is 3. The van der Waals surface area contributed by atoms with Gasteiger partial charge in [0.1, 0.15) is 0 Å². The number of ether oxygens (including phenoxy) is 2. The van der Waals surface area contributed by atoms with E-state index >= 15 is 0 Å². The van der Waals surface area contributed by atoms with Gasteiger partial charge in [-0.1, -0.05) is 18.2 Å². The van der Waals surface area contributed by atoms with Crippen LogP contribution in [0.2, 0.25) is 0 Å². The predicted molar refractivity (Wildman–Crippen MR) is 81.5 cm³/mol. The molecule has 0 saturated heterocycles. The molecule has 0 aliphatic carbocycles. The smallest absolute Gasteiger partial charge is 0.413 e. The molecule has 2 rings (SSSR count). The highest BCUT2D eigenvalue weighted by Crippen LogP contribution is 2.09. The molecule has 0 saturated carbocycles. The lowest BCUT2D eigenvalue weighted by Gasteiger charge is -2.04. The van der Waals surface area contributed by atoms with Crippen LogP contribution in [0.5, 0.6) is 0 Å². The van der Waals surface area contributed by atoms with E-state index in [1.165, 1.54) is 4.80 Å². The summed E-state index contributed by atoms with van der Waals surface area (Å²) in [7, 11) is 0. The summed E-state index contributed by atoms with van der Waals surface area (Å²) in [5.74, 6) is -1.61. The molecule has 1 aromatic heterocycles. The van der Waals surface area contributed by atoms with Gasteiger partial charge < -0.3 is 9.47 Å². The minimum absolute atomic E-state index is 0.0113. The summed E-state index contributed by atoms with van der Waals surface area (Å²) in [5.41, 5.74) is 1.03. The predicted octanol–water partition coefficient (Wildman–Crippen LogP) is 1.01. The van der Waals surface area contributed by atoms with Crippen LogP contribution in [-0.2, 0) is 14.3 Å². The van der Waals surface area contributed by atoms with Crippen LogP contribution in [0.4, 0.5) is 4.79 Å². The van der Waals surface area contributed by atoms with Crippen molar-refractivity contribution in [1.29, 1.82) is 0 Å². The van der Waals surface area contributed by atoms with E-state index in [1.54, 1.807) is 26.0 Å². The van der Waals surface area contributed by atoms with E-state index < -0.39 is 24.6 Å². The first-order valence-corrected chi connectivity index (χ1v) is 7.14. The molecule has 2 amide bonds. The number of rotatable bonds is 5. The van der Waals surface area contributed by atoms with Gasteiger partial charge in [0.05, 0.1) is 18.0 Å². The Kier molecular flexibility index (Phi) is 5.61. The number of carbonyl (C=O) groups excluding carboxylic acids is 3. The van der Waals surface area contributed by atoms with E-state index in [4.69, 9.17) is 4.74 Å². The highest BCUT2D eigenvalue weighted by atomic mass is 16.6. The number of amides is 2. The normalized spacial score (nSPS) is 10.1. The van der Waals surface area contributed by atoms with E-state index in [2.05, 4.69) is 14.9 Å². The van der Waals surface area contributed by atoms with Crippen LogP contribution in [0.1, 0.15) is 23.1 Å². The SMILES string of the molecule is CCOC(=O)NC(=O)COC(=O)c1nn(-c2ccccc2)nc1C. The van der Waals surface area contributed by atoms with Gasteiger partial charge in [0.2, 0.25) is 0 Å². The molecule has 0 fully saturated rings. The van der Waals surface area contributed by atoms with Crippen molar-refractivity contribution in [1.82, 2.24) is 20.3 Å². The number of aryl methyl sites for hydroxylation is 1. The average Bonchev–Trinajstić information content (AvgIpc) is 2.95. The maximum Gasteiger partial charge on any atom is 0.413 e. The summed E-state index contributed by atoms with van der Waals surface area (Å²) in [6, 6.07) is 9.03. The lowest BCUT2D eigenvalue weighted by atomic mass is 10.3. The Morgan fingerprint density at radius 2 is 1.83 bits per heavy atom. The second-order valence-electron chi connectivity index (χ2n) is 4.60. The number of hydrogen-bond donors (Lipinski definition) is 1. The van der Waals surface area contributed by atoms with Gasteiger partial charge in [-0.2, -0.15) is 9.90 Å². The third-order valence-corrected chi connectivity index (χ3v) is 2.81. The molecule has 0 aliphatic rings. The van der Waals surface area contributed by atoms with Crippen molar-refractivity contribution >= 4 is 18.0 Å². The lowest BCUT2D eigenvalue weighted by molar-refractivity contribution is -0.123. The summed E-state index contributed by atoms with van der Waals surface area (Å²) in [6.07, 6.45) is -0.898. The van der Waals surface area contributed by atoms with Gasteiger partial charge in [0.15, 0.2) is 12.3 Å². The Morgan fingerprint density at radius 1 is 1.12 bits per heavy atom. The van der Waals surface area contributed by atoms with E-state index in [0.29, 0.717) is 11.4 Å². The van der Waals surface area contributed by atoms with E-state index in [9.17, 15) is 14.4 Å². The third-order valence-electron chi connectivity index (χ3n) is 2.81. The van der Waals surface area contributed by atoms with Crippen LogP contribution in [0, 0.1) is 6.92 Å². The Labute approximate surface area is 137 Å². The Hall–Kier alpha value is -3.23. The first kappa shape index (κ1) is 17.1. The van der Waals surface area contributed by atoms with E-state index in [-0.39, 0.29) is 12.3 Å². The fourth-order valence-electron chi connectivity index (χ4n) is 1.76. The van der Waals surface area contributed by atoms with Crippen molar-refractivity contribution in [2.24, 2.45) is 0 Å². The zero-order valence-electron chi connectivity index (χ0n) is 13.2. The quantitative estimate of drug-likeness (QED) is 0.813. The molecule has 9 heteroatoms. The maximum atomic E-state index is 12.0. The van der Waals surface area contributed by atoms with Crippen molar-refractivity contribution in [3.8, 4) is 5.69 Å². The first-order chi connectivity index (χ1) is 11.5. The zero-order chi connectivity index (χ0) is 17.5. The molecule has 0 spiro atoms. The fraction of sp³-hybridized carbons (Fsp3) is 0.267. The summed E-state index contributed by atoms with van der Waals surface area (Å²) >= 11 is 0. The average molecular weight is 332 g/mol. The molecule has 2 aromatic rings. The maximum absolute atomic E-state index is 12.0. The van der Waals surface area contributed by atoms with Gasteiger partial charge in [0, 0.05) is 0 Å². The van der Waals surface area contributed by atoms with Crippen LogP contribution in [0.3, 0.4) is 0 Å². The van der Waals surface area contributed by atoms with Gasteiger partial charge in [0.25, 0.3) is 5.91 Å². The highest BCUT2D eigenvalue weighted by Gasteiger charge is 2.19. The van der Waals surface area contributed by atoms with Gasteiger partial charge >= 0.3 is 12.1 Å². The molecule has 0 bridgehead atoms. The largest absolute Gasteiger partial charge is 0.451 e. The Bertz CT molecular complexity index is 742. The molecule has 1 aromatic carbocycles. The lowest BCUT2D eigenvalue weighted by Crippen LogP contribution is -2.34. The number of alkyl carbamates (subject to hydrolysis) is 1. The minimum atomic E-state index is -0.898. The highest BCUT2D eigenvalue weighted by molar-refractivity contribution is 5.95. The molecular weight excluding hydrogens is 316 g/mol. The number of nitrogens with one attached hydrogen (secondary N) is 1. The van der Waals surface area contributed by atoms with Crippen molar-refractivity contribution in [2.75, 3.05) is 13.2 Å². The van der Waals surface area contributed by atoms with Crippen molar-refractivity contribution in [2.45, 2.75) is 13.8 Å². The second-order valence-corrected chi connectivity index (χ2v) is 4.60. The molecular formula is C15H16N4O5. The standard InChI is InChI=1S/C15H16N4O5/c1-3-23-15(22)16-12(20)9-24-14(21)13-10(2)17-19(18-13)11-7-5-4-6-8-11/h4-8H,3,9H2,1-2H3,(H,16,20,22). The van der Waals surface area contributed by atoms with Crippen LogP contribution >= 0.6 is 0 Å². The molecule has 24 heavy (non-hydrogen) atoms. The van der Waals surface area contributed by atoms with E-state index in [0.717, 1.165) is 0 Å². The zero-order valence-corrected chi connectivity index (χ0v) is 13.2.